The SMILES string of the molecule is C[C@H]1CNc2cc(S(N)(=O)=O)ccc21. The quantitative estimate of drug-likeness (QED) is 0.725. The van der Waals surface area contributed by atoms with Gasteiger partial charge in [-0.15, -0.1) is 0 Å². The molecule has 4 nitrogen and oxygen atoms in total. The summed E-state index contributed by atoms with van der Waals surface area (Å²) in [7, 11) is -3.58. The van der Waals surface area contributed by atoms with Crippen molar-refractivity contribution in [2.45, 2.75) is 17.7 Å². The topological polar surface area (TPSA) is 72.2 Å². The van der Waals surface area contributed by atoms with Crippen LogP contribution in [-0.2, 0) is 10.0 Å². The minimum absolute atomic E-state index is 0.165. The molecule has 1 aliphatic rings. The van der Waals surface area contributed by atoms with Crippen molar-refractivity contribution in [3.05, 3.63) is 23.8 Å². The Kier molecular flexibility index (Phi) is 2.01. The van der Waals surface area contributed by atoms with Crippen LogP contribution in [0.2, 0.25) is 0 Å². The third-order valence-corrected chi connectivity index (χ3v) is 3.39. The summed E-state index contributed by atoms with van der Waals surface area (Å²) in [5, 5.41) is 8.17. The first-order valence-electron chi connectivity index (χ1n) is 4.39. The second-order valence-electron chi connectivity index (χ2n) is 3.58. The van der Waals surface area contributed by atoms with Crippen LogP contribution in [-0.4, -0.2) is 15.0 Å². The molecule has 2 rings (SSSR count). The average molecular weight is 212 g/mol. The van der Waals surface area contributed by atoms with E-state index >= 15 is 0 Å². The Morgan fingerprint density at radius 1 is 1.50 bits per heavy atom. The van der Waals surface area contributed by atoms with Crippen molar-refractivity contribution >= 4 is 15.7 Å². The van der Waals surface area contributed by atoms with Crippen molar-refractivity contribution in [3.63, 3.8) is 0 Å². The van der Waals surface area contributed by atoms with Crippen LogP contribution in [0.5, 0.6) is 0 Å². The van der Waals surface area contributed by atoms with E-state index in [0.717, 1.165) is 17.8 Å². The zero-order chi connectivity index (χ0) is 10.3. The smallest absolute Gasteiger partial charge is 0.238 e. The van der Waals surface area contributed by atoms with Crippen LogP contribution in [0.4, 0.5) is 5.69 Å². The van der Waals surface area contributed by atoms with Gasteiger partial charge >= 0.3 is 0 Å². The van der Waals surface area contributed by atoms with E-state index < -0.39 is 10.0 Å². The molecule has 0 spiro atoms. The minimum atomic E-state index is -3.58. The van der Waals surface area contributed by atoms with Crippen LogP contribution in [0.25, 0.3) is 0 Å². The fraction of sp³-hybridized carbons (Fsp3) is 0.333. The third-order valence-electron chi connectivity index (χ3n) is 2.48. The van der Waals surface area contributed by atoms with Crippen molar-refractivity contribution < 1.29 is 8.42 Å². The molecule has 0 saturated heterocycles. The van der Waals surface area contributed by atoms with Crippen LogP contribution >= 0.6 is 0 Å². The number of primary sulfonamides is 1. The summed E-state index contributed by atoms with van der Waals surface area (Å²) >= 11 is 0. The lowest BCUT2D eigenvalue weighted by molar-refractivity contribution is 0.598. The molecule has 0 fully saturated rings. The van der Waals surface area contributed by atoms with Gasteiger partial charge in [-0.3, -0.25) is 0 Å². The van der Waals surface area contributed by atoms with E-state index in [0.29, 0.717) is 5.92 Å². The van der Waals surface area contributed by atoms with Crippen LogP contribution in [0.15, 0.2) is 23.1 Å². The van der Waals surface area contributed by atoms with Gasteiger partial charge in [0.2, 0.25) is 10.0 Å². The molecular weight excluding hydrogens is 200 g/mol. The first kappa shape index (κ1) is 9.48. The standard InChI is InChI=1S/C9H12N2O2S/c1-6-5-11-9-4-7(14(10,12)13)2-3-8(6)9/h2-4,6,11H,5H2,1H3,(H2,10,12,13)/t6-/m0/s1. The highest BCUT2D eigenvalue weighted by Crippen LogP contribution is 2.32. The number of hydrogen-bond donors (Lipinski definition) is 2. The number of fused-ring (bicyclic) bond motifs is 1. The van der Waals surface area contributed by atoms with Gasteiger partial charge in [0, 0.05) is 18.2 Å². The number of anilines is 1. The maximum Gasteiger partial charge on any atom is 0.238 e. The van der Waals surface area contributed by atoms with E-state index in [1.54, 1.807) is 12.1 Å². The molecule has 1 atom stereocenters. The second kappa shape index (κ2) is 2.96. The molecule has 76 valence electrons. The minimum Gasteiger partial charge on any atom is -0.384 e. The van der Waals surface area contributed by atoms with Gasteiger partial charge in [-0.05, 0) is 17.7 Å². The second-order valence-corrected chi connectivity index (χ2v) is 5.14. The Morgan fingerprint density at radius 2 is 2.21 bits per heavy atom. The summed E-state index contributed by atoms with van der Waals surface area (Å²) < 4.78 is 22.1. The molecule has 3 N–H and O–H groups in total. The fourth-order valence-electron chi connectivity index (χ4n) is 1.67. The molecule has 0 saturated carbocycles. The van der Waals surface area contributed by atoms with Gasteiger partial charge in [0.25, 0.3) is 0 Å². The lowest BCUT2D eigenvalue weighted by Crippen LogP contribution is -2.12. The summed E-state index contributed by atoms with van der Waals surface area (Å²) in [4.78, 5) is 0.165. The van der Waals surface area contributed by atoms with Gasteiger partial charge in [-0.25, -0.2) is 13.6 Å². The Balaban J connectivity index is 2.53. The van der Waals surface area contributed by atoms with Gasteiger partial charge in [0.05, 0.1) is 4.90 Å². The Morgan fingerprint density at radius 3 is 2.86 bits per heavy atom. The molecule has 1 heterocycles. The van der Waals surface area contributed by atoms with Crippen molar-refractivity contribution in [2.75, 3.05) is 11.9 Å². The molecule has 0 aliphatic carbocycles. The summed E-state index contributed by atoms with van der Waals surface area (Å²) in [6, 6.07) is 4.96. The maximum absolute atomic E-state index is 11.1. The lowest BCUT2D eigenvalue weighted by atomic mass is 10.0. The van der Waals surface area contributed by atoms with Crippen LogP contribution in [0, 0.1) is 0 Å². The number of benzene rings is 1. The summed E-state index contributed by atoms with van der Waals surface area (Å²) in [6.07, 6.45) is 0. The predicted molar refractivity (Wildman–Crippen MR) is 54.7 cm³/mol. The molecular formula is C9H12N2O2S. The zero-order valence-corrected chi connectivity index (χ0v) is 8.64. The van der Waals surface area contributed by atoms with Gasteiger partial charge in [0.1, 0.15) is 0 Å². The average Bonchev–Trinajstić information content (AvgIpc) is 2.46. The molecule has 0 radical (unpaired) electrons. The Bertz CT molecular complexity index is 468. The van der Waals surface area contributed by atoms with E-state index in [1.165, 1.54) is 0 Å². The highest BCUT2D eigenvalue weighted by Gasteiger charge is 2.19. The molecule has 0 bridgehead atoms. The molecule has 5 heteroatoms. The van der Waals surface area contributed by atoms with E-state index in [1.807, 2.05) is 6.07 Å². The molecule has 0 aromatic heterocycles. The van der Waals surface area contributed by atoms with Gasteiger partial charge in [-0.1, -0.05) is 13.0 Å². The van der Waals surface area contributed by atoms with E-state index in [9.17, 15) is 8.42 Å². The van der Waals surface area contributed by atoms with Gasteiger partial charge < -0.3 is 5.32 Å². The Labute approximate surface area is 83.2 Å². The first-order chi connectivity index (χ1) is 6.48. The van der Waals surface area contributed by atoms with E-state index in [2.05, 4.69) is 12.2 Å². The molecule has 1 aliphatic heterocycles. The third kappa shape index (κ3) is 1.49. The number of nitrogens with two attached hydrogens (primary N) is 1. The van der Waals surface area contributed by atoms with Crippen molar-refractivity contribution in [1.29, 1.82) is 0 Å². The monoisotopic (exact) mass is 212 g/mol. The first-order valence-corrected chi connectivity index (χ1v) is 5.94. The number of rotatable bonds is 1. The van der Waals surface area contributed by atoms with E-state index in [4.69, 9.17) is 5.14 Å². The summed E-state index contributed by atoms with van der Waals surface area (Å²) in [5.74, 6) is 0.430. The molecule has 0 unspecified atom stereocenters. The highest BCUT2D eigenvalue weighted by molar-refractivity contribution is 7.89. The maximum atomic E-state index is 11.1. The number of hydrogen-bond acceptors (Lipinski definition) is 3. The van der Waals surface area contributed by atoms with Crippen LogP contribution in [0.1, 0.15) is 18.4 Å². The Hall–Kier alpha value is -1.07. The van der Waals surface area contributed by atoms with Crippen LogP contribution < -0.4 is 10.5 Å². The lowest BCUT2D eigenvalue weighted by Gasteiger charge is -2.04. The summed E-state index contributed by atoms with van der Waals surface area (Å²) in [6.45, 7) is 2.94. The normalized spacial score (nSPS) is 20.3. The van der Waals surface area contributed by atoms with E-state index in [-0.39, 0.29) is 4.90 Å². The largest absolute Gasteiger partial charge is 0.384 e. The van der Waals surface area contributed by atoms with Crippen molar-refractivity contribution in [2.24, 2.45) is 5.14 Å². The summed E-state index contributed by atoms with van der Waals surface area (Å²) in [5.41, 5.74) is 2.03. The van der Waals surface area contributed by atoms with Crippen molar-refractivity contribution in [1.82, 2.24) is 0 Å². The molecule has 1 aromatic rings. The van der Waals surface area contributed by atoms with Crippen molar-refractivity contribution in [3.8, 4) is 0 Å². The predicted octanol–water partition coefficient (Wildman–Crippen LogP) is 0.863. The zero-order valence-electron chi connectivity index (χ0n) is 7.82. The fourth-order valence-corrected chi connectivity index (χ4v) is 2.21. The molecule has 14 heavy (non-hydrogen) atoms. The van der Waals surface area contributed by atoms with Gasteiger partial charge in [-0.2, -0.15) is 0 Å². The van der Waals surface area contributed by atoms with Crippen LogP contribution in [0.3, 0.4) is 0 Å². The van der Waals surface area contributed by atoms with Gasteiger partial charge in [0.15, 0.2) is 0 Å². The highest BCUT2D eigenvalue weighted by atomic mass is 32.2. The molecule has 1 aromatic carbocycles. The number of nitrogens with one attached hydrogen (secondary N) is 1. The number of sulfonamides is 1. The molecule has 0 amide bonds.